The van der Waals surface area contributed by atoms with Gasteiger partial charge in [-0.15, -0.1) is 0 Å². The number of nitrogens with two attached hydrogens (primary N) is 1. The highest BCUT2D eigenvalue weighted by molar-refractivity contribution is 7.91. The topological polar surface area (TPSA) is 60.2 Å². The van der Waals surface area contributed by atoms with E-state index in [0.29, 0.717) is 31.1 Å². The molecule has 3 nitrogen and oxygen atoms in total. The molecule has 1 atom stereocenters. The summed E-state index contributed by atoms with van der Waals surface area (Å²) in [4.78, 5) is 0. The number of sulfone groups is 1. The van der Waals surface area contributed by atoms with Gasteiger partial charge < -0.3 is 5.73 Å². The monoisotopic (exact) mass is 235 g/mol. The Bertz CT molecular complexity index is 272. The SMILES string of the molecule is CCCS(=O)(=O)CCC(C)(CN)C(C)C. The van der Waals surface area contributed by atoms with Crippen molar-refractivity contribution in [2.45, 2.75) is 40.5 Å². The Morgan fingerprint density at radius 1 is 1.27 bits per heavy atom. The fourth-order valence-corrected chi connectivity index (χ4v) is 3.03. The Kier molecular flexibility index (Phi) is 5.81. The first kappa shape index (κ1) is 14.9. The lowest BCUT2D eigenvalue weighted by molar-refractivity contribution is 0.221. The van der Waals surface area contributed by atoms with Crippen LogP contribution in [0.15, 0.2) is 0 Å². The highest BCUT2D eigenvalue weighted by atomic mass is 32.2. The van der Waals surface area contributed by atoms with E-state index in [2.05, 4.69) is 20.8 Å². The quantitative estimate of drug-likeness (QED) is 0.732. The van der Waals surface area contributed by atoms with Crippen LogP contribution in [-0.2, 0) is 9.84 Å². The van der Waals surface area contributed by atoms with Crippen molar-refractivity contribution in [3.63, 3.8) is 0 Å². The highest BCUT2D eigenvalue weighted by Gasteiger charge is 2.28. The van der Waals surface area contributed by atoms with E-state index in [9.17, 15) is 8.42 Å². The molecule has 0 aliphatic heterocycles. The first-order valence-corrected chi connectivity index (χ1v) is 7.50. The van der Waals surface area contributed by atoms with Crippen LogP contribution >= 0.6 is 0 Å². The molecule has 4 heteroatoms. The Morgan fingerprint density at radius 3 is 2.13 bits per heavy atom. The standard InChI is InChI=1S/C11H25NO2S/c1-5-7-15(13,14)8-6-11(4,9-12)10(2)3/h10H,5-9,12H2,1-4H3. The van der Waals surface area contributed by atoms with Gasteiger partial charge in [0.15, 0.2) is 0 Å². The largest absolute Gasteiger partial charge is 0.330 e. The van der Waals surface area contributed by atoms with Gasteiger partial charge in [-0.25, -0.2) is 8.42 Å². The van der Waals surface area contributed by atoms with E-state index in [1.807, 2.05) is 6.92 Å². The summed E-state index contributed by atoms with van der Waals surface area (Å²) < 4.78 is 23.1. The highest BCUT2D eigenvalue weighted by Crippen LogP contribution is 2.30. The molecule has 0 aliphatic carbocycles. The molecule has 0 fully saturated rings. The molecule has 0 amide bonds. The van der Waals surface area contributed by atoms with E-state index in [-0.39, 0.29) is 11.2 Å². The van der Waals surface area contributed by atoms with Gasteiger partial charge in [0.1, 0.15) is 9.84 Å². The van der Waals surface area contributed by atoms with Crippen LogP contribution in [0.25, 0.3) is 0 Å². The van der Waals surface area contributed by atoms with E-state index in [1.54, 1.807) is 0 Å². The Morgan fingerprint density at radius 2 is 1.80 bits per heavy atom. The summed E-state index contributed by atoms with van der Waals surface area (Å²) >= 11 is 0. The molecule has 0 radical (unpaired) electrons. The summed E-state index contributed by atoms with van der Waals surface area (Å²) in [7, 11) is -2.86. The second-order valence-corrected chi connectivity index (χ2v) is 7.22. The van der Waals surface area contributed by atoms with Crippen LogP contribution < -0.4 is 5.73 Å². The van der Waals surface area contributed by atoms with E-state index in [0.717, 1.165) is 0 Å². The van der Waals surface area contributed by atoms with Crippen molar-refractivity contribution in [3.8, 4) is 0 Å². The maximum absolute atomic E-state index is 11.6. The van der Waals surface area contributed by atoms with Crippen molar-refractivity contribution in [3.05, 3.63) is 0 Å². The second kappa shape index (κ2) is 5.85. The Hall–Kier alpha value is -0.0900. The van der Waals surface area contributed by atoms with Gasteiger partial charge in [0.2, 0.25) is 0 Å². The molecule has 15 heavy (non-hydrogen) atoms. The molecular formula is C11H25NO2S. The lowest BCUT2D eigenvalue weighted by Crippen LogP contribution is -2.34. The summed E-state index contributed by atoms with van der Waals surface area (Å²) in [6, 6.07) is 0. The van der Waals surface area contributed by atoms with Crippen LogP contribution in [0.1, 0.15) is 40.5 Å². The molecule has 0 aromatic heterocycles. The van der Waals surface area contributed by atoms with Gasteiger partial charge >= 0.3 is 0 Å². The molecule has 0 saturated heterocycles. The van der Waals surface area contributed by atoms with Crippen LogP contribution in [0.3, 0.4) is 0 Å². The third-order valence-corrected chi connectivity index (χ3v) is 5.22. The predicted octanol–water partition coefficient (Wildman–Crippen LogP) is 1.82. The summed E-state index contributed by atoms with van der Waals surface area (Å²) in [6.45, 7) is 8.70. The fraction of sp³-hybridized carbons (Fsp3) is 1.00. The van der Waals surface area contributed by atoms with Crippen molar-refractivity contribution in [1.82, 2.24) is 0 Å². The van der Waals surface area contributed by atoms with Gasteiger partial charge in [-0.05, 0) is 30.7 Å². The summed E-state index contributed by atoms with van der Waals surface area (Å²) in [5.41, 5.74) is 5.66. The molecule has 92 valence electrons. The van der Waals surface area contributed by atoms with Gasteiger partial charge in [-0.3, -0.25) is 0 Å². The molecular weight excluding hydrogens is 210 g/mol. The minimum atomic E-state index is -2.86. The predicted molar refractivity (Wildman–Crippen MR) is 65.6 cm³/mol. The van der Waals surface area contributed by atoms with E-state index < -0.39 is 9.84 Å². The van der Waals surface area contributed by atoms with Gasteiger partial charge in [0.25, 0.3) is 0 Å². The van der Waals surface area contributed by atoms with Gasteiger partial charge in [-0.2, -0.15) is 0 Å². The van der Waals surface area contributed by atoms with Crippen molar-refractivity contribution in [2.75, 3.05) is 18.1 Å². The molecule has 0 saturated carbocycles. The summed E-state index contributed by atoms with van der Waals surface area (Å²) in [6.07, 6.45) is 1.37. The van der Waals surface area contributed by atoms with Crippen LogP contribution in [0.2, 0.25) is 0 Å². The number of hydrogen-bond acceptors (Lipinski definition) is 3. The zero-order valence-electron chi connectivity index (χ0n) is 10.4. The van der Waals surface area contributed by atoms with Crippen molar-refractivity contribution in [2.24, 2.45) is 17.1 Å². The van der Waals surface area contributed by atoms with E-state index in [4.69, 9.17) is 5.73 Å². The molecule has 0 aliphatic rings. The van der Waals surface area contributed by atoms with Crippen LogP contribution in [0.5, 0.6) is 0 Å². The van der Waals surface area contributed by atoms with Crippen molar-refractivity contribution < 1.29 is 8.42 Å². The third kappa shape index (κ3) is 4.98. The maximum Gasteiger partial charge on any atom is 0.150 e. The number of hydrogen-bond donors (Lipinski definition) is 1. The molecule has 0 rings (SSSR count). The molecule has 0 aromatic rings. The summed E-state index contributed by atoms with van der Waals surface area (Å²) in [5.74, 6) is 0.984. The smallest absolute Gasteiger partial charge is 0.150 e. The van der Waals surface area contributed by atoms with E-state index in [1.165, 1.54) is 0 Å². The molecule has 0 aromatic carbocycles. The van der Waals surface area contributed by atoms with Gasteiger partial charge in [-0.1, -0.05) is 27.7 Å². The summed E-state index contributed by atoms with van der Waals surface area (Å²) in [5, 5.41) is 0. The van der Waals surface area contributed by atoms with Crippen LogP contribution in [0.4, 0.5) is 0 Å². The number of rotatable bonds is 7. The Balaban J connectivity index is 4.36. The van der Waals surface area contributed by atoms with Gasteiger partial charge in [0.05, 0.1) is 5.75 Å². The molecule has 2 N–H and O–H groups in total. The molecule has 1 unspecified atom stereocenters. The maximum atomic E-state index is 11.6. The minimum Gasteiger partial charge on any atom is -0.330 e. The first-order valence-electron chi connectivity index (χ1n) is 5.68. The molecule has 0 heterocycles. The van der Waals surface area contributed by atoms with Crippen molar-refractivity contribution >= 4 is 9.84 Å². The normalized spacial score (nSPS) is 16.7. The van der Waals surface area contributed by atoms with Gasteiger partial charge in [0, 0.05) is 5.75 Å². The zero-order chi connectivity index (χ0) is 12.1. The van der Waals surface area contributed by atoms with E-state index >= 15 is 0 Å². The van der Waals surface area contributed by atoms with Crippen LogP contribution in [0, 0.1) is 11.3 Å². The fourth-order valence-electron chi connectivity index (χ4n) is 1.43. The lowest BCUT2D eigenvalue weighted by Gasteiger charge is -2.32. The molecule has 0 spiro atoms. The van der Waals surface area contributed by atoms with Crippen molar-refractivity contribution in [1.29, 1.82) is 0 Å². The minimum absolute atomic E-state index is 0.0548. The second-order valence-electron chi connectivity index (χ2n) is 4.91. The average Bonchev–Trinajstić information content (AvgIpc) is 2.14. The van der Waals surface area contributed by atoms with Crippen LogP contribution in [-0.4, -0.2) is 26.5 Å². The zero-order valence-corrected chi connectivity index (χ0v) is 11.2. The Labute approximate surface area is 94.4 Å². The average molecular weight is 235 g/mol. The lowest BCUT2D eigenvalue weighted by atomic mass is 9.77. The third-order valence-electron chi connectivity index (χ3n) is 3.36. The molecule has 0 bridgehead atoms. The first-order chi connectivity index (χ1) is 6.77.